The fourth-order valence-corrected chi connectivity index (χ4v) is 4.27. The largest absolute Gasteiger partial charge is 0.479 e. The summed E-state index contributed by atoms with van der Waals surface area (Å²) in [6.07, 6.45) is 9.22. The number of aromatic nitrogens is 6. The van der Waals surface area contributed by atoms with Gasteiger partial charge in [0.2, 0.25) is 5.88 Å². The number of fused-ring (bicyclic) bond motifs is 1. The van der Waals surface area contributed by atoms with Crippen LogP contribution in [0.4, 0.5) is 4.39 Å². The van der Waals surface area contributed by atoms with E-state index in [1.165, 1.54) is 6.07 Å². The molecule has 4 heterocycles. The molecule has 9 heteroatoms. The van der Waals surface area contributed by atoms with Crippen molar-refractivity contribution in [3.8, 4) is 11.6 Å². The topological polar surface area (TPSA) is 70.7 Å². The number of pyridine rings is 1. The molecule has 0 aliphatic carbocycles. The Labute approximate surface area is 195 Å². The molecule has 1 aliphatic rings. The lowest BCUT2D eigenvalue weighted by Crippen LogP contribution is -2.18. The fraction of sp³-hybridized carbons (Fsp3) is 0.250. The first-order valence-electron chi connectivity index (χ1n) is 10.7. The minimum absolute atomic E-state index is 0.0302. The van der Waals surface area contributed by atoms with Crippen LogP contribution in [0.3, 0.4) is 0 Å². The van der Waals surface area contributed by atoms with Gasteiger partial charge in [0, 0.05) is 18.7 Å². The van der Waals surface area contributed by atoms with Crippen molar-refractivity contribution in [3.63, 3.8) is 0 Å². The lowest BCUT2D eigenvalue weighted by molar-refractivity contribution is 0.395. The number of benzene rings is 1. The molecule has 4 aromatic rings. The Morgan fingerprint density at radius 1 is 1.18 bits per heavy atom. The van der Waals surface area contributed by atoms with Crippen LogP contribution >= 0.6 is 11.6 Å². The molecule has 5 rings (SSSR count). The van der Waals surface area contributed by atoms with Gasteiger partial charge in [0.1, 0.15) is 17.3 Å². The second-order valence-corrected chi connectivity index (χ2v) is 8.35. The van der Waals surface area contributed by atoms with Gasteiger partial charge in [-0.2, -0.15) is 5.10 Å². The number of nitrogens with zero attached hydrogens (tertiary/aromatic N) is 6. The Bertz CT molecular complexity index is 1340. The Kier molecular flexibility index (Phi) is 5.68. The number of hydrogen-bond acceptors (Lipinski definition) is 5. The average Bonchev–Trinajstić information content (AvgIpc) is 3.45. The van der Waals surface area contributed by atoms with Gasteiger partial charge in [0.05, 0.1) is 29.8 Å². The summed E-state index contributed by atoms with van der Waals surface area (Å²) >= 11 is 6.01. The zero-order valence-corrected chi connectivity index (χ0v) is 19.0. The molecule has 168 valence electrons. The molecule has 0 saturated carbocycles. The standard InChI is InChI=1S/C24H22ClFN6O/c1-15-13-31(14-27-15)21-9-6-17(28-24(21)33-2)7-10-22-29-23-18(4-3-11-32(23)30-22)16-5-8-20(26)19(25)12-16/h5-10,12-14,18H,3-4,11H2,1-2H3. The van der Waals surface area contributed by atoms with E-state index in [2.05, 4.69) is 15.1 Å². The van der Waals surface area contributed by atoms with E-state index in [1.54, 1.807) is 25.6 Å². The number of methoxy groups -OCH3 is 1. The van der Waals surface area contributed by atoms with Gasteiger partial charge in [0.15, 0.2) is 5.82 Å². The van der Waals surface area contributed by atoms with Gasteiger partial charge in [-0.25, -0.2) is 24.0 Å². The summed E-state index contributed by atoms with van der Waals surface area (Å²) in [5, 5.41) is 4.76. The number of rotatable bonds is 5. The first-order valence-corrected chi connectivity index (χ1v) is 11.0. The Balaban J connectivity index is 1.41. The maximum absolute atomic E-state index is 13.6. The van der Waals surface area contributed by atoms with Crippen molar-refractivity contribution >= 4 is 23.8 Å². The van der Waals surface area contributed by atoms with Crippen LogP contribution in [0, 0.1) is 12.7 Å². The fourth-order valence-electron chi connectivity index (χ4n) is 4.08. The molecule has 0 radical (unpaired) electrons. The smallest absolute Gasteiger partial charge is 0.238 e. The second kappa shape index (κ2) is 8.78. The van der Waals surface area contributed by atoms with Crippen LogP contribution in [-0.4, -0.2) is 36.4 Å². The van der Waals surface area contributed by atoms with Crippen molar-refractivity contribution in [1.29, 1.82) is 0 Å². The normalized spacial score (nSPS) is 15.7. The highest BCUT2D eigenvalue weighted by Crippen LogP contribution is 2.34. The van der Waals surface area contributed by atoms with E-state index >= 15 is 0 Å². The summed E-state index contributed by atoms with van der Waals surface area (Å²) in [5.74, 6) is 1.57. The van der Waals surface area contributed by atoms with Crippen LogP contribution in [0.25, 0.3) is 17.8 Å². The van der Waals surface area contributed by atoms with Crippen molar-refractivity contribution in [2.45, 2.75) is 32.2 Å². The van der Waals surface area contributed by atoms with E-state index in [4.69, 9.17) is 21.3 Å². The summed E-state index contributed by atoms with van der Waals surface area (Å²) in [4.78, 5) is 13.6. The van der Waals surface area contributed by atoms with E-state index in [9.17, 15) is 4.39 Å². The second-order valence-electron chi connectivity index (χ2n) is 7.94. The minimum Gasteiger partial charge on any atom is -0.479 e. The molecule has 1 atom stereocenters. The Morgan fingerprint density at radius 2 is 2.06 bits per heavy atom. The molecule has 7 nitrogen and oxygen atoms in total. The monoisotopic (exact) mass is 464 g/mol. The number of halogens is 2. The molecule has 0 fully saturated rings. The molecular weight excluding hydrogens is 443 g/mol. The Hall–Kier alpha value is -3.52. The maximum atomic E-state index is 13.6. The summed E-state index contributed by atoms with van der Waals surface area (Å²) in [7, 11) is 1.59. The zero-order chi connectivity index (χ0) is 22.9. The van der Waals surface area contributed by atoms with Crippen LogP contribution in [0.5, 0.6) is 5.88 Å². The summed E-state index contributed by atoms with van der Waals surface area (Å²) in [6.45, 7) is 2.73. The van der Waals surface area contributed by atoms with Crippen molar-refractivity contribution in [2.75, 3.05) is 7.11 Å². The molecule has 1 aliphatic heterocycles. The van der Waals surface area contributed by atoms with Crippen molar-refractivity contribution in [2.24, 2.45) is 0 Å². The molecule has 0 N–H and O–H groups in total. The highest BCUT2D eigenvalue weighted by molar-refractivity contribution is 6.30. The molecule has 0 saturated heterocycles. The van der Waals surface area contributed by atoms with E-state index in [-0.39, 0.29) is 10.9 Å². The van der Waals surface area contributed by atoms with Gasteiger partial charge in [0.25, 0.3) is 0 Å². The number of hydrogen-bond donors (Lipinski definition) is 0. The number of imidazole rings is 1. The van der Waals surface area contributed by atoms with Crippen molar-refractivity contribution in [1.82, 2.24) is 29.3 Å². The van der Waals surface area contributed by atoms with Crippen LogP contribution in [0.15, 0.2) is 42.9 Å². The molecule has 1 aromatic carbocycles. The van der Waals surface area contributed by atoms with Crippen LogP contribution in [0.2, 0.25) is 5.02 Å². The SMILES string of the molecule is COc1nc(C=Cc2nc3n(n2)CCCC3c2ccc(F)c(Cl)c2)ccc1-n1cnc(C)c1. The van der Waals surface area contributed by atoms with Gasteiger partial charge < -0.3 is 9.30 Å². The third-order valence-corrected chi connectivity index (χ3v) is 5.97. The molecular formula is C24H22ClFN6O. The number of aryl methyl sites for hydroxylation is 2. The highest BCUT2D eigenvalue weighted by Gasteiger charge is 2.26. The molecule has 0 amide bonds. The van der Waals surface area contributed by atoms with Crippen molar-refractivity contribution in [3.05, 3.63) is 82.3 Å². The molecule has 0 spiro atoms. The highest BCUT2D eigenvalue weighted by atomic mass is 35.5. The lowest BCUT2D eigenvalue weighted by atomic mass is 9.91. The predicted octanol–water partition coefficient (Wildman–Crippen LogP) is 5.06. The summed E-state index contributed by atoms with van der Waals surface area (Å²) < 4.78 is 22.9. The van der Waals surface area contributed by atoms with Gasteiger partial charge in [-0.1, -0.05) is 17.7 Å². The first-order chi connectivity index (χ1) is 16.0. The molecule has 0 bridgehead atoms. The predicted molar refractivity (Wildman–Crippen MR) is 124 cm³/mol. The van der Waals surface area contributed by atoms with E-state index in [0.29, 0.717) is 11.7 Å². The van der Waals surface area contributed by atoms with E-state index in [0.717, 1.165) is 47.8 Å². The van der Waals surface area contributed by atoms with E-state index in [1.807, 2.05) is 46.7 Å². The molecule has 33 heavy (non-hydrogen) atoms. The number of ether oxygens (including phenoxy) is 1. The van der Waals surface area contributed by atoms with E-state index < -0.39 is 5.82 Å². The third kappa shape index (κ3) is 4.26. The third-order valence-electron chi connectivity index (χ3n) is 5.69. The van der Waals surface area contributed by atoms with Gasteiger partial charge in [-0.05, 0) is 61.7 Å². The maximum Gasteiger partial charge on any atom is 0.238 e. The van der Waals surface area contributed by atoms with Crippen molar-refractivity contribution < 1.29 is 9.13 Å². The lowest BCUT2D eigenvalue weighted by Gasteiger charge is -2.22. The zero-order valence-electron chi connectivity index (χ0n) is 18.2. The summed E-state index contributed by atoms with van der Waals surface area (Å²) in [5.41, 5.74) is 3.40. The Morgan fingerprint density at radius 3 is 2.82 bits per heavy atom. The first kappa shape index (κ1) is 21.3. The van der Waals surface area contributed by atoms with Gasteiger partial charge >= 0.3 is 0 Å². The molecule has 3 aromatic heterocycles. The van der Waals surface area contributed by atoms with Crippen LogP contribution in [0.1, 0.15) is 47.4 Å². The van der Waals surface area contributed by atoms with Gasteiger partial charge in [-0.15, -0.1) is 0 Å². The van der Waals surface area contributed by atoms with Crippen LogP contribution < -0.4 is 4.74 Å². The summed E-state index contributed by atoms with van der Waals surface area (Å²) in [6, 6.07) is 8.70. The average molecular weight is 465 g/mol. The van der Waals surface area contributed by atoms with Gasteiger partial charge in [-0.3, -0.25) is 0 Å². The quantitative estimate of drug-likeness (QED) is 0.412. The van der Waals surface area contributed by atoms with Crippen LogP contribution in [-0.2, 0) is 6.54 Å². The minimum atomic E-state index is -0.418. The molecule has 1 unspecified atom stereocenters.